The molecule has 0 aromatic rings. The van der Waals surface area contributed by atoms with E-state index < -0.39 is 0 Å². The maximum absolute atomic E-state index is 4.15. The molecule has 2 atom stereocenters. The molecule has 0 saturated carbocycles. The van der Waals surface area contributed by atoms with E-state index in [1.54, 1.807) is 0 Å². The largest absolute Gasteiger partial charge is 0.313 e. The lowest BCUT2D eigenvalue weighted by Gasteiger charge is -2.25. The highest BCUT2D eigenvalue weighted by molar-refractivity contribution is 7.99. The lowest BCUT2D eigenvalue weighted by Crippen LogP contribution is -2.37. The maximum Gasteiger partial charge on any atom is 0.0140 e. The van der Waals surface area contributed by atoms with E-state index in [9.17, 15) is 0 Å². The van der Waals surface area contributed by atoms with Gasteiger partial charge in [-0.1, -0.05) is 26.0 Å². The van der Waals surface area contributed by atoms with Crippen molar-refractivity contribution in [1.29, 1.82) is 0 Å². The summed E-state index contributed by atoms with van der Waals surface area (Å²) in [5.41, 5.74) is 1.40. The summed E-state index contributed by atoms with van der Waals surface area (Å²) in [5, 5.41) is 3.70. The van der Waals surface area contributed by atoms with Crippen molar-refractivity contribution in [3.63, 3.8) is 0 Å². The van der Waals surface area contributed by atoms with Gasteiger partial charge in [0, 0.05) is 6.04 Å². The Bertz CT molecular complexity index is 185. The summed E-state index contributed by atoms with van der Waals surface area (Å²) in [5.74, 6) is 3.58. The molecule has 88 valence electrons. The maximum atomic E-state index is 4.15. The van der Waals surface area contributed by atoms with E-state index in [2.05, 4.69) is 37.5 Å². The van der Waals surface area contributed by atoms with Gasteiger partial charge in [0.2, 0.25) is 0 Å². The summed E-state index contributed by atoms with van der Waals surface area (Å²) >= 11 is 2.11. The highest BCUT2D eigenvalue weighted by Gasteiger charge is 2.24. The van der Waals surface area contributed by atoms with Crippen LogP contribution >= 0.6 is 11.8 Å². The van der Waals surface area contributed by atoms with Gasteiger partial charge in [0.05, 0.1) is 0 Å². The van der Waals surface area contributed by atoms with Crippen LogP contribution in [0.2, 0.25) is 0 Å². The predicted octanol–water partition coefficient (Wildman–Crippen LogP) is 3.46. The van der Waals surface area contributed by atoms with Gasteiger partial charge in [0.25, 0.3) is 0 Å². The van der Waals surface area contributed by atoms with Crippen LogP contribution < -0.4 is 5.32 Å². The second kappa shape index (κ2) is 7.34. The zero-order valence-electron chi connectivity index (χ0n) is 10.2. The second-order valence-corrected chi connectivity index (χ2v) is 5.64. The van der Waals surface area contributed by atoms with Gasteiger partial charge in [-0.3, -0.25) is 0 Å². The fourth-order valence-corrected chi connectivity index (χ4v) is 3.40. The third-order valence-electron chi connectivity index (χ3n) is 3.20. The molecule has 0 spiro atoms. The summed E-state index contributed by atoms with van der Waals surface area (Å²) in [6, 6.07) is 0.687. The van der Waals surface area contributed by atoms with E-state index in [0.29, 0.717) is 6.04 Å². The SMILES string of the molecule is C=C(CC)CC(NCCC)C1CCSC1. The molecule has 1 rings (SSSR count). The van der Waals surface area contributed by atoms with Gasteiger partial charge in [0.1, 0.15) is 0 Å². The average molecular weight is 227 g/mol. The standard InChI is InChI=1S/C13H25NS/c1-4-7-14-13(9-11(3)5-2)12-6-8-15-10-12/h12-14H,3-10H2,1-2H3. The molecule has 1 nitrogen and oxygen atoms in total. The van der Waals surface area contributed by atoms with Crippen LogP contribution in [0.25, 0.3) is 0 Å². The molecule has 1 fully saturated rings. The predicted molar refractivity (Wildman–Crippen MR) is 71.6 cm³/mol. The number of rotatable bonds is 7. The summed E-state index contributed by atoms with van der Waals surface area (Å²) in [7, 11) is 0. The zero-order chi connectivity index (χ0) is 11.1. The number of nitrogens with one attached hydrogen (secondary N) is 1. The summed E-state index contributed by atoms with van der Waals surface area (Å²) in [6.07, 6.45) is 4.93. The lowest BCUT2D eigenvalue weighted by atomic mass is 9.92. The molecular weight excluding hydrogens is 202 g/mol. The fraction of sp³-hybridized carbons (Fsp3) is 0.846. The van der Waals surface area contributed by atoms with Crippen LogP contribution in [0.5, 0.6) is 0 Å². The first-order chi connectivity index (χ1) is 7.27. The Balaban J connectivity index is 2.40. The van der Waals surface area contributed by atoms with Crippen molar-refractivity contribution < 1.29 is 0 Å². The van der Waals surface area contributed by atoms with Gasteiger partial charge in [-0.15, -0.1) is 0 Å². The highest BCUT2D eigenvalue weighted by Crippen LogP contribution is 2.29. The van der Waals surface area contributed by atoms with Crippen LogP contribution in [-0.4, -0.2) is 24.1 Å². The zero-order valence-corrected chi connectivity index (χ0v) is 11.0. The van der Waals surface area contributed by atoms with E-state index in [4.69, 9.17) is 0 Å². The van der Waals surface area contributed by atoms with E-state index in [0.717, 1.165) is 18.9 Å². The van der Waals surface area contributed by atoms with Crippen molar-refractivity contribution in [2.45, 2.75) is 45.6 Å². The summed E-state index contributed by atoms with van der Waals surface area (Å²) in [4.78, 5) is 0. The number of thioether (sulfide) groups is 1. The smallest absolute Gasteiger partial charge is 0.0140 e. The lowest BCUT2D eigenvalue weighted by molar-refractivity contribution is 0.377. The first kappa shape index (κ1) is 13.1. The van der Waals surface area contributed by atoms with Crippen molar-refractivity contribution >= 4 is 11.8 Å². The van der Waals surface area contributed by atoms with Crippen LogP contribution in [0.4, 0.5) is 0 Å². The normalized spacial score (nSPS) is 22.9. The molecule has 0 bridgehead atoms. The minimum atomic E-state index is 0.687. The molecule has 0 amide bonds. The third-order valence-corrected chi connectivity index (χ3v) is 4.39. The van der Waals surface area contributed by atoms with E-state index in [1.807, 2.05) is 0 Å². The average Bonchev–Trinajstić information content (AvgIpc) is 2.77. The minimum Gasteiger partial charge on any atom is -0.313 e. The Hall–Kier alpha value is 0.0500. The Labute approximate surface area is 99.1 Å². The molecule has 0 aromatic carbocycles. The molecule has 1 aliphatic rings. The highest BCUT2D eigenvalue weighted by atomic mass is 32.2. The van der Waals surface area contributed by atoms with Gasteiger partial charge >= 0.3 is 0 Å². The molecule has 0 radical (unpaired) electrons. The Kier molecular flexibility index (Phi) is 6.42. The Morgan fingerprint density at radius 3 is 2.87 bits per heavy atom. The van der Waals surface area contributed by atoms with Crippen LogP contribution in [0.1, 0.15) is 39.5 Å². The molecule has 2 unspecified atom stereocenters. The molecule has 0 aromatic heterocycles. The van der Waals surface area contributed by atoms with Crippen molar-refractivity contribution in [2.75, 3.05) is 18.1 Å². The van der Waals surface area contributed by atoms with Crippen molar-refractivity contribution in [2.24, 2.45) is 5.92 Å². The van der Waals surface area contributed by atoms with Gasteiger partial charge in [-0.25, -0.2) is 0 Å². The van der Waals surface area contributed by atoms with Gasteiger partial charge < -0.3 is 5.32 Å². The third kappa shape index (κ3) is 4.60. The van der Waals surface area contributed by atoms with E-state index >= 15 is 0 Å². The van der Waals surface area contributed by atoms with Crippen molar-refractivity contribution in [3.8, 4) is 0 Å². The minimum absolute atomic E-state index is 0.687. The summed E-state index contributed by atoms with van der Waals surface area (Å²) < 4.78 is 0. The molecular formula is C13H25NS. The Morgan fingerprint density at radius 2 is 2.33 bits per heavy atom. The van der Waals surface area contributed by atoms with Crippen LogP contribution in [0.15, 0.2) is 12.2 Å². The number of hydrogen-bond acceptors (Lipinski definition) is 2. The summed E-state index contributed by atoms with van der Waals surface area (Å²) in [6.45, 7) is 9.75. The van der Waals surface area contributed by atoms with Gasteiger partial charge in [0.15, 0.2) is 0 Å². The van der Waals surface area contributed by atoms with Crippen molar-refractivity contribution in [3.05, 3.63) is 12.2 Å². The van der Waals surface area contributed by atoms with Crippen LogP contribution in [0.3, 0.4) is 0 Å². The number of hydrogen-bond donors (Lipinski definition) is 1. The first-order valence-electron chi connectivity index (χ1n) is 6.25. The quantitative estimate of drug-likeness (QED) is 0.668. The van der Waals surface area contributed by atoms with Crippen molar-refractivity contribution in [1.82, 2.24) is 5.32 Å². The molecule has 2 heteroatoms. The van der Waals surface area contributed by atoms with Gasteiger partial charge in [-0.2, -0.15) is 11.8 Å². The van der Waals surface area contributed by atoms with Crippen LogP contribution in [0, 0.1) is 5.92 Å². The Morgan fingerprint density at radius 1 is 1.53 bits per heavy atom. The fourth-order valence-electron chi connectivity index (χ4n) is 2.06. The molecule has 1 aliphatic heterocycles. The molecule has 0 aliphatic carbocycles. The van der Waals surface area contributed by atoms with Crippen LogP contribution in [-0.2, 0) is 0 Å². The topological polar surface area (TPSA) is 12.0 Å². The monoisotopic (exact) mass is 227 g/mol. The molecule has 1 saturated heterocycles. The van der Waals surface area contributed by atoms with E-state index in [-0.39, 0.29) is 0 Å². The molecule has 15 heavy (non-hydrogen) atoms. The second-order valence-electron chi connectivity index (χ2n) is 4.49. The molecule has 1 N–H and O–H groups in total. The van der Waals surface area contributed by atoms with E-state index in [1.165, 1.54) is 36.3 Å². The van der Waals surface area contributed by atoms with Gasteiger partial charge in [-0.05, 0) is 49.7 Å². The molecule has 1 heterocycles. The first-order valence-corrected chi connectivity index (χ1v) is 7.41.